The van der Waals surface area contributed by atoms with Gasteiger partial charge in [0.15, 0.2) is 0 Å². The molecule has 0 bridgehead atoms. The third-order valence-corrected chi connectivity index (χ3v) is 3.43. The van der Waals surface area contributed by atoms with Crippen LogP contribution in [0.2, 0.25) is 0 Å². The summed E-state index contributed by atoms with van der Waals surface area (Å²) in [5.41, 5.74) is 0.958. The van der Waals surface area contributed by atoms with Crippen LogP contribution in [0.15, 0.2) is 24.3 Å². The van der Waals surface area contributed by atoms with E-state index >= 15 is 0 Å². The molecule has 1 aromatic carbocycles. The summed E-state index contributed by atoms with van der Waals surface area (Å²) in [5, 5.41) is 3.39. The zero-order valence-corrected chi connectivity index (χ0v) is 9.91. The number of rotatable bonds is 3. The molecule has 1 saturated heterocycles. The van der Waals surface area contributed by atoms with Crippen molar-refractivity contribution in [3.8, 4) is 0 Å². The van der Waals surface area contributed by atoms with Crippen LogP contribution in [0.3, 0.4) is 0 Å². The molecule has 16 heavy (non-hydrogen) atoms. The third-order valence-electron chi connectivity index (χ3n) is 3.43. The SMILES string of the molecule is C[C@@H]1CNC[C@H]1CN(C)c1cccc(F)c1. The Bertz CT molecular complexity index is 354. The molecule has 1 aromatic rings. The molecule has 0 unspecified atom stereocenters. The predicted octanol–water partition coefficient (Wildman–Crippen LogP) is 2.12. The van der Waals surface area contributed by atoms with Crippen molar-refractivity contribution in [1.82, 2.24) is 5.32 Å². The zero-order chi connectivity index (χ0) is 11.5. The highest BCUT2D eigenvalue weighted by atomic mass is 19.1. The van der Waals surface area contributed by atoms with Crippen molar-refractivity contribution in [2.24, 2.45) is 11.8 Å². The van der Waals surface area contributed by atoms with Crippen LogP contribution in [-0.4, -0.2) is 26.7 Å². The molecule has 0 saturated carbocycles. The predicted molar refractivity (Wildman–Crippen MR) is 65.2 cm³/mol. The quantitative estimate of drug-likeness (QED) is 0.842. The fourth-order valence-electron chi connectivity index (χ4n) is 2.28. The Morgan fingerprint density at radius 2 is 2.25 bits per heavy atom. The van der Waals surface area contributed by atoms with E-state index in [2.05, 4.69) is 17.1 Å². The zero-order valence-electron chi connectivity index (χ0n) is 9.91. The van der Waals surface area contributed by atoms with Crippen LogP contribution in [0, 0.1) is 17.7 Å². The molecule has 1 N–H and O–H groups in total. The smallest absolute Gasteiger partial charge is 0.125 e. The number of benzene rings is 1. The fraction of sp³-hybridized carbons (Fsp3) is 0.538. The van der Waals surface area contributed by atoms with Crippen molar-refractivity contribution in [1.29, 1.82) is 0 Å². The van der Waals surface area contributed by atoms with Gasteiger partial charge in [-0.05, 0) is 43.1 Å². The molecule has 3 heteroatoms. The van der Waals surface area contributed by atoms with Gasteiger partial charge < -0.3 is 10.2 Å². The minimum atomic E-state index is -0.165. The van der Waals surface area contributed by atoms with Gasteiger partial charge in [0.05, 0.1) is 0 Å². The average molecular weight is 222 g/mol. The third kappa shape index (κ3) is 2.53. The second kappa shape index (κ2) is 4.83. The molecular weight excluding hydrogens is 203 g/mol. The minimum Gasteiger partial charge on any atom is -0.374 e. The van der Waals surface area contributed by atoms with E-state index in [4.69, 9.17) is 0 Å². The molecule has 2 atom stereocenters. The largest absolute Gasteiger partial charge is 0.374 e. The number of hydrogen-bond donors (Lipinski definition) is 1. The van der Waals surface area contributed by atoms with E-state index in [0.717, 1.165) is 25.3 Å². The van der Waals surface area contributed by atoms with Crippen molar-refractivity contribution < 1.29 is 4.39 Å². The van der Waals surface area contributed by atoms with E-state index in [1.54, 1.807) is 12.1 Å². The second-order valence-electron chi connectivity index (χ2n) is 4.76. The fourth-order valence-corrected chi connectivity index (χ4v) is 2.28. The van der Waals surface area contributed by atoms with Gasteiger partial charge in [0, 0.05) is 19.3 Å². The first-order valence-corrected chi connectivity index (χ1v) is 5.84. The van der Waals surface area contributed by atoms with E-state index in [1.807, 2.05) is 13.1 Å². The standard InChI is InChI=1S/C13H19FN2/c1-10-7-15-8-11(10)9-16(2)13-5-3-4-12(14)6-13/h3-6,10-11,15H,7-9H2,1-2H3/t10-,11+/m1/s1. The first-order valence-electron chi connectivity index (χ1n) is 5.84. The van der Waals surface area contributed by atoms with Gasteiger partial charge in [0.25, 0.3) is 0 Å². The van der Waals surface area contributed by atoms with Crippen molar-refractivity contribution >= 4 is 5.69 Å². The van der Waals surface area contributed by atoms with Gasteiger partial charge in [-0.3, -0.25) is 0 Å². The lowest BCUT2D eigenvalue weighted by molar-refractivity contribution is 0.455. The van der Waals surface area contributed by atoms with Gasteiger partial charge in [-0.15, -0.1) is 0 Å². The molecule has 0 radical (unpaired) electrons. The Morgan fingerprint density at radius 3 is 2.88 bits per heavy atom. The van der Waals surface area contributed by atoms with Crippen molar-refractivity contribution in [3.05, 3.63) is 30.1 Å². The molecule has 0 amide bonds. The van der Waals surface area contributed by atoms with Gasteiger partial charge in [-0.25, -0.2) is 4.39 Å². The summed E-state index contributed by atoms with van der Waals surface area (Å²) >= 11 is 0. The Labute approximate surface area is 96.5 Å². The molecule has 1 fully saturated rings. The maximum Gasteiger partial charge on any atom is 0.125 e. The van der Waals surface area contributed by atoms with Crippen LogP contribution < -0.4 is 10.2 Å². The normalized spacial score (nSPS) is 24.7. The Kier molecular flexibility index (Phi) is 3.44. The van der Waals surface area contributed by atoms with Crippen LogP contribution in [0.1, 0.15) is 6.92 Å². The van der Waals surface area contributed by atoms with E-state index in [9.17, 15) is 4.39 Å². The highest BCUT2D eigenvalue weighted by Gasteiger charge is 2.24. The van der Waals surface area contributed by atoms with Gasteiger partial charge >= 0.3 is 0 Å². The Balaban J connectivity index is 1.99. The van der Waals surface area contributed by atoms with Gasteiger partial charge in [-0.2, -0.15) is 0 Å². The highest BCUT2D eigenvalue weighted by Crippen LogP contribution is 2.20. The summed E-state index contributed by atoms with van der Waals surface area (Å²) in [6.45, 7) is 5.42. The molecule has 0 spiro atoms. The molecule has 1 aliphatic rings. The summed E-state index contributed by atoms with van der Waals surface area (Å²) < 4.78 is 13.1. The molecule has 0 aromatic heterocycles. The summed E-state index contributed by atoms with van der Waals surface area (Å²) in [6, 6.07) is 6.79. The average Bonchev–Trinajstić information content (AvgIpc) is 2.64. The first-order chi connectivity index (χ1) is 7.66. The molecule has 1 aliphatic heterocycles. The minimum absolute atomic E-state index is 0.165. The lowest BCUT2D eigenvalue weighted by atomic mass is 9.97. The summed E-state index contributed by atoms with van der Waals surface area (Å²) in [7, 11) is 2.03. The molecule has 2 rings (SSSR count). The van der Waals surface area contributed by atoms with Crippen LogP contribution in [0.4, 0.5) is 10.1 Å². The number of hydrogen-bond acceptors (Lipinski definition) is 2. The lowest BCUT2D eigenvalue weighted by Gasteiger charge is -2.25. The van der Waals surface area contributed by atoms with E-state index < -0.39 is 0 Å². The molecule has 1 heterocycles. The van der Waals surface area contributed by atoms with Crippen molar-refractivity contribution in [2.75, 3.05) is 31.6 Å². The second-order valence-corrected chi connectivity index (χ2v) is 4.76. The summed E-state index contributed by atoms with van der Waals surface area (Å²) in [4.78, 5) is 2.14. The highest BCUT2D eigenvalue weighted by molar-refractivity contribution is 5.45. The number of halogens is 1. The van der Waals surface area contributed by atoms with E-state index in [1.165, 1.54) is 6.07 Å². The van der Waals surface area contributed by atoms with E-state index in [0.29, 0.717) is 11.8 Å². The maximum absolute atomic E-state index is 13.1. The number of anilines is 1. The molecular formula is C13H19FN2. The topological polar surface area (TPSA) is 15.3 Å². The molecule has 2 nitrogen and oxygen atoms in total. The monoisotopic (exact) mass is 222 g/mol. The van der Waals surface area contributed by atoms with Crippen LogP contribution in [-0.2, 0) is 0 Å². The van der Waals surface area contributed by atoms with Gasteiger partial charge in [-0.1, -0.05) is 13.0 Å². The van der Waals surface area contributed by atoms with Crippen LogP contribution >= 0.6 is 0 Å². The van der Waals surface area contributed by atoms with Crippen molar-refractivity contribution in [3.63, 3.8) is 0 Å². The number of nitrogens with one attached hydrogen (secondary N) is 1. The van der Waals surface area contributed by atoms with Crippen LogP contribution in [0.25, 0.3) is 0 Å². The molecule has 0 aliphatic carbocycles. The maximum atomic E-state index is 13.1. The van der Waals surface area contributed by atoms with Crippen molar-refractivity contribution in [2.45, 2.75) is 6.92 Å². The lowest BCUT2D eigenvalue weighted by Crippen LogP contribution is -2.29. The Morgan fingerprint density at radius 1 is 1.44 bits per heavy atom. The summed E-state index contributed by atoms with van der Waals surface area (Å²) in [5.74, 6) is 1.20. The summed E-state index contributed by atoms with van der Waals surface area (Å²) in [6.07, 6.45) is 0. The van der Waals surface area contributed by atoms with Gasteiger partial charge in [0.1, 0.15) is 5.82 Å². The first kappa shape index (κ1) is 11.4. The van der Waals surface area contributed by atoms with Gasteiger partial charge in [0.2, 0.25) is 0 Å². The number of nitrogens with zero attached hydrogens (tertiary/aromatic N) is 1. The Hall–Kier alpha value is -1.09. The van der Waals surface area contributed by atoms with Crippen LogP contribution in [0.5, 0.6) is 0 Å². The molecule has 88 valence electrons. The van der Waals surface area contributed by atoms with E-state index in [-0.39, 0.29) is 5.82 Å².